The Bertz CT molecular complexity index is 495. The molecule has 0 aliphatic heterocycles. The molecule has 0 spiro atoms. The molecule has 0 radical (unpaired) electrons. The summed E-state index contributed by atoms with van der Waals surface area (Å²) in [5.41, 5.74) is 0. The summed E-state index contributed by atoms with van der Waals surface area (Å²) in [5.74, 6) is 0.896. The van der Waals surface area contributed by atoms with Gasteiger partial charge in [-0.15, -0.1) is 0 Å². The van der Waals surface area contributed by atoms with Gasteiger partial charge in [0.1, 0.15) is 12.1 Å². The number of aromatic nitrogens is 4. The summed E-state index contributed by atoms with van der Waals surface area (Å²) in [6.45, 7) is 3.53. The quantitative estimate of drug-likeness (QED) is 0.795. The number of anilines is 1. The maximum Gasteiger partial charge on any atom is 0.238 e. The molecular formula is C9H11N5O2S. The van der Waals surface area contributed by atoms with Crippen molar-refractivity contribution in [3.63, 3.8) is 0 Å². The van der Waals surface area contributed by atoms with Gasteiger partial charge in [0.05, 0.1) is 5.25 Å². The Hall–Kier alpha value is -1.83. The molecule has 0 saturated carbocycles. The number of rotatable bonds is 4. The Labute approximate surface area is 101 Å². The molecule has 2 aromatic heterocycles. The van der Waals surface area contributed by atoms with E-state index >= 15 is 0 Å². The van der Waals surface area contributed by atoms with Crippen LogP contribution in [0, 0.1) is 6.92 Å². The SMILES string of the molecule is Cc1cc(NC(=O)C(C)Sc2ncn[nH]2)no1. The third-order valence-electron chi connectivity index (χ3n) is 1.93. The molecule has 17 heavy (non-hydrogen) atoms. The van der Waals surface area contributed by atoms with Crippen molar-refractivity contribution in [2.24, 2.45) is 0 Å². The number of carbonyl (C=O) groups excluding carboxylic acids is 1. The van der Waals surface area contributed by atoms with Gasteiger partial charge < -0.3 is 9.84 Å². The molecule has 0 aromatic carbocycles. The Morgan fingerprint density at radius 1 is 1.65 bits per heavy atom. The molecular weight excluding hydrogens is 242 g/mol. The number of nitrogens with one attached hydrogen (secondary N) is 2. The smallest absolute Gasteiger partial charge is 0.238 e. The third kappa shape index (κ3) is 3.06. The molecule has 1 amide bonds. The van der Waals surface area contributed by atoms with Gasteiger partial charge >= 0.3 is 0 Å². The number of hydrogen-bond acceptors (Lipinski definition) is 6. The summed E-state index contributed by atoms with van der Waals surface area (Å²) in [6.07, 6.45) is 1.40. The second-order valence-electron chi connectivity index (χ2n) is 3.36. The van der Waals surface area contributed by atoms with Crippen LogP contribution in [0.2, 0.25) is 0 Å². The fourth-order valence-corrected chi connectivity index (χ4v) is 1.84. The first-order chi connectivity index (χ1) is 8.15. The first kappa shape index (κ1) is 11.6. The van der Waals surface area contributed by atoms with Gasteiger partial charge in [-0.3, -0.25) is 9.89 Å². The van der Waals surface area contributed by atoms with Gasteiger partial charge in [0.15, 0.2) is 11.0 Å². The maximum absolute atomic E-state index is 11.8. The van der Waals surface area contributed by atoms with E-state index in [9.17, 15) is 4.79 Å². The minimum atomic E-state index is -0.306. The van der Waals surface area contributed by atoms with Crippen molar-refractivity contribution in [3.8, 4) is 0 Å². The maximum atomic E-state index is 11.8. The lowest BCUT2D eigenvalue weighted by Crippen LogP contribution is -2.22. The van der Waals surface area contributed by atoms with E-state index in [1.807, 2.05) is 0 Å². The van der Waals surface area contributed by atoms with Gasteiger partial charge in [0.2, 0.25) is 5.91 Å². The van der Waals surface area contributed by atoms with E-state index in [1.165, 1.54) is 18.1 Å². The van der Waals surface area contributed by atoms with Gasteiger partial charge in [-0.1, -0.05) is 16.9 Å². The van der Waals surface area contributed by atoms with Crippen LogP contribution in [0.5, 0.6) is 0 Å². The highest BCUT2D eigenvalue weighted by atomic mass is 32.2. The van der Waals surface area contributed by atoms with Gasteiger partial charge in [0.25, 0.3) is 0 Å². The zero-order valence-corrected chi connectivity index (χ0v) is 10.1. The fraction of sp³-hybridized carbons (Fsp3) is 0.333. The number of nitrogens with zero attached hydrogens (tertiary/aromatic N) is 3. The summed E-state index contributed by atoms with van der Waals surface area (Å²) in [4.78, 5) is 15.7. The number of aryl methyl sites for hydroxylation is 1. The molecule has 8 heteroatoms. The summed E-state index contributed by atoms with van der Waals surface area (Å²) < 4.78 is 4.85. The van der Waals surface area contributed by atoms with Crippen LogP contribution >= 0.6 is 11.8 Å². The molecule has 2 N–H and O–H groups in total. The molecule has 90 valence electrons. The zero-order valence-electron chi connectivity index (χ0n) is 9.30. The van der Waals surface area contributed by atoms with E-state index in [0.717, 1.165) is 0 Å². The summed E-state index contributed by atoms with van der Waals surface area (Å²) >= 11 is 1.28. The fourth-order valence-electron chi connectivity index (χ4n) is 1.13. The Morgan fingerprint density at radius 2 is 2.47 bits per heavy atom. The van der Waals surface area contributed by atoms with Gasteiger partial charge in [0, 0.05) is 6.07 Å². The summed E-state index contributed by atoms with van der Waals surface area (Å²) in [7, 11) is 0. The van der Waals surface area contributed by atoms with Gasteiger partial charge in [-0.25, -0.2) is 4.98 Å². The molecule has 0 bridgehead atoms. The van der Waals surface area contributed by atoms with Crippen molar-refractivity contribution < 1.29 is 9.32 Å². The zero-order chi connectivity index (χ0) is 12.3. The van der Waals surface area contributed by atoms with Crippen molar-refractivity contribution in [1.29, 1.82) is 0 Å². The second-order valence-corrected chi connectivity index (χ2v) is 4.69. The van der Waals surface area contributed by atoms with E-state index in [-0.39, 0.29) is 11.2 Å². The highest BCUT2D eigenvalue weighted by Gasteiger charge is 2.17. The monoisotopic (exact) mass is 253 g/mol. The largest absolute Gasteiger partial charge is 0.360 e. The highest BCUT2D eigenvalue weighted by Crippen LogP contribution is 2.19. The lowest BCUT2D eigenvalue weighted by atomic mass is 10.4. The molecule has 1 unspecified atom stereocenters. The molecule has 0 saturated heterocycles. The average Bonchev–Trinajstić information content (AvgIpc) is 2.90. The van der Waals surface area contributed by atoms with Crippen LogP contribution in [0.4, 0.5) is 5.82 Å². The molecule has 1 atom stereocenters. The molecule has 2 rings (SSSR count). The topological polar surface area (TPSA) is 96.7 Å². The number of H-pyrrole nitrogens is 1. The molecule has 2 aromatic rings. The lowest BCUT2D eigenvalue weighted by molar-refractivity contribution is -0.115. The first-order valence-corrected chi connectivity index (χ1v) is 5.79. The van der Waals surface area contributed by atoms with Crippen molar-refractivity contribution in [3.05, 3.63) is 18.2 Å². The summed E-state index contributed by atoms with van der Waals surface area (Å²) in [5, 5.41) is 13.0. The van der Waals surface area contributed by atoms with E-state index in [1.54, 1.807) is 19.9 Å². The van der Waals surface area contributed by atoms with Crippen molar-refractivity contribution in [1.82, 2.24) is 20.3 Å². The minimum absolute atomic E-state index is 0.167. The molecule has 2 heterocycles. The van der Waals surface area contributed by atoms with E-state index < -0.39 is 0 Å². The Balaban J connectivity index is 1.91. The van der Waals surface area contributed by atoms with Gasteiger partial charge in [-0.2, -0.15) is 5.10 Å². The molecule has 0 aliphatic carbocycles. The van der Waals surface area contributed by atoms with Crippen LogP contribution in [-0.2, 0) is 4.79 Å². The van der Waals surface area contributed by atoms with E-state index in [4.69, 9.17) is 4.52 Å². The second kappa shape index (κ2) is 5.00. The molecule has 0 aliphatic rings. The van der Waals surface area contributed by atoms with Gasteiger partial charge in [-0.05, 0) is 13.8 Å². The third-order valence-corrected chi connectivity index (χ3v) is 2.92. The average molecular weight is 253 g/mol. The normalized spacial score (nSPS) is 12.4. The van der Waals surface area contributed by atoms with E-state index in [2.05, 4.69) is 25.7 Å². The predicted molar refractivity (Wildman–Crippen MR) is 61.6 cm³/mol. The number of carbonyl (C=O) groups is 1. The summed E-state index contributed by atoms with van der Waals surface area (Å²) in [6, 6.07) is 1.66. The highest BCUT2D eigenvalue weighted by molar-refractivity contribution is 8.00. The first-order valence-electron chi connectivity index (χ1n) is 4.91. The van der Waals surface area contributed by atoms with Crippen molar-refractivity contribution in [2.45, 2.75) is 24.3 Å². The van der Waals surface area contributed by atoms with Crippen LogP contribution in [0.3, 0.4) is 0 Å². The number of thioether (sulfide) groups is 1. The van der Waals surface area contributed by atoms with Crippen LogP contribution in [-0.4, -0.2) is 31.5 Å². The Kier molecular flexibility index (Phi) is 3.43. The van der Waals surface area contributed by atoms with Crippen molar-refractivity contribution >= 4 is 23.5 Å². The van der Waals surface area contributed by atoms with Crippen LogP contribution in [0.15, 0.2) is 22.1 Å². The number of amides is 1. The Morgan fingerprint density at radius 3 is 3.06 bits per heavy atom. The standard InChI is InChI=1S/C9H11N5O2S/c1-5-3-7(14-16-5)12-8(15)6(2)17-9-10-4-11-13-9/h3-4,6H,1-2H3,(H,10,11,13)(H,12,14,15). The van der Waals surface area contributed by atoms with Crippen LogP contribution < -0.4 is 5.32 Å². The van der Waals surface area contributed by atoms with E-state index in [0.29, 0.717) is 16.7 Å². The lowest BCUT2D eigenvalue weighted by Gasteiger charge is -2.07. The minimum Gasteiger partial charge on any atom is -0.360 e. The predicted octanol–water partition coefficient (Wildman–Crippen LogP) is 1.22. The molecule has 7 nitrogen and oxygen atoms in total. The van der Waals surface area contributed by atoms with Crippen LogP contribution in [0.25, 0.3) is 0 Å². The number of aromatic amines is 1. The number of hydrogen-bond donors (Lipinski definition) is 2. The molecule has 0 fully saturated rings. The van der Waals surface area contributed by atoms with Crippen molar-refractivity contribution in [2.75, 3.05) is 5.32 Å². The van der Waals surface area contributed by atoms with Crippen LogP contribution in [0.1, 0.15) is 12.7 Å².